The molecule has 0 bridgehead atoms. The Morgan fingerprint density at radius 1 is 1.00 bits per heavy atom. The molecule has 1 atom stereocenters. The first-order valence-corrected chi connectivity index (χ1v) is 7.21. The quantitative estimate of drug-likeness (QED) is 0.829. The van der Waals surface area contributed by atoms with E-state index >= 15 is 0 Å². The predicted octanol–water partition coefficient (Wildman–Crippen LogP) is 4.42. The molecule has 0 radical (unpaired) electrons. The zero-order valence-electron chi connectivity index (χ0n) is 10.4. The summed E-state index contributed by atoms with van der Waals surface area (Å²) in [5.74, 6) is 0.791. The molecule has 94 valence electrons. The number of aromatic hydroxyl groups is 1. The van der Waals surface area contributed by atoms with E-state index in [4.69, 9.17) is 0 Å². The van der Waals surface area contributed by atoms with Crippen molar-refractivity contribution in [2.75, 3.05) is 5.33 Å². The van der Waals surface area contributed by atoms with Gasteiger partial charge in [-0.3, -0.25) is 0 Å². The minimum Gasteiger partial charge on any atom is -0.508 e. The van der Waals surface area contributed by atoms with E-state index < -0.39 is 0 Å². The van der Waals surface area contributed by atoms with Gasteiger partial charge in [-0.2, -0.15) is 0 Å². The molecule has 2 aromatic rings. The molecule has 0 spiro atoms. The van der Waals surface area contributed by atoms with Crippen molar-refractivity contribution in [1.29, 1.82) is 0 Å². The zero-order valence-corrected chi connectivity index (χ0v) is 12.0. The molecule has 0 aromatic heterocycles. The van der Waals surface area contributed by atoms with E-state index in [0.29, 0.717) is 11.7 Å². The van der Waals surface area contributed by atoms with Gasteiger partial charge in [-0.05, 0) is 42.5 Å². The van der Waals surface area contributed by atoms with Crippen LogP contribution in [0.25, 0.3) is 0 Å². The van der Waals surface area contributed by atoms with Crippen molar-refractivity contribution < 1.29 is 5.11 Å². The lowest BCUT2D eigenvalue weighted by molar-refractivity contribution is 0.475. The van der Waals surface area contributed by atoms with Gasteiger partial charge in [0.05, 0.1) is 0 Å². The van der Waals surface area contributed by atoms with Crippen LogP contribution in [0.1, 0.15) is 22.6 Å². The summed E-state index contributed by atoms with van der Waals surface area (Å²) < 4.78 is 0. The summed E-state index contributed by atoms with van der Waals surface area (Å²) in [5, 5.41) is 10.2. The average Bonchev–Trinajstić information content (AvgIpc) is 2.39. The molecule has 18 heavy (non-hydrogen) atoms. The predicted molar refractivity (Wildman–Crippen MR) is 79.5 cm³/mol. The number of alkyl halides is 1. The summed E-state index contributed by atoms with van der Waals surface area (Å²) >= 11 is 3.59. The molecule has 0 saturated carbocycles. The SMILES string of the molecule is Cc1ccc(C(CBr)Cc2ccc(O)cc2)cc1. The third kappa shape index (κ3) is 3.36. The molecule has 0 saturated heterocycles. The van der Waals surface area contributed by atoms with Gasteiger partial charge in [-0.25, -0.2) is 0 Å². The van der Waals surface area contributed by atoms with E-state index in [2.05, 4.69) is 47.1 Å². The second-order valence-electron chi connectivity index (χ2n) is 4.63. The van der Waals surface area contributed by atoms with Gasteiger partial charge in [0, 0.05) is 5.33 Å². The number of benzene rings is 2. The second kappa shape index (κ2) is 6.05. The highest BCUT2D eigenvalue weighted by molar-refractivity contribution is 9.09. The topological polar surface area (TPSA) is 20.2 Å². The Kier molecular flexibility index (Phi) is 4.43. The van der Waals surface area contributed by atoms with Crippen LogP contribution in [0.2, 0.25) is 0 Å². The van der Waals surface area contributed by atoms with Crippen LogP contribution in [-0.2, 0) is 6.42 Å². The van der Waals surface area contributed by atoms with Gasteiger partial charge in [0.25, 0.3) is 0 Å². The monoisotopic (exact) mass is 304 g/mol. The zero-order chi connectivity index (χ0) is 13.0. The molecule has 0 amide bonds. The number of hydrogen-bond acceptors (Lipinski definition) is 1. The molecule has 2 aromatic carbocycles. The lowest BCUT2D eigenvalue weighted by Crippen LogP contribution is -2.04. The minimum atomic E-state index is 0.324. The van der Waals surface area contributed by atoms with E-state index in [9.17, 15) is 5.11 Å². The van der Waals surface area contributed by atoms with Gasteiger partial charge >= 0.3 is 0 Å². The van der Waals surface area contributed by atoms with Gasteiger partial charge in [0.15, 0.2) is 0 Å². The summed E-state index contributed by atoms with van der Waals surface area (Å²) in [5.41, 5.74) is 3.89. The second-order valence-corrected chi connectivity index (χ2v) is 5.28. The normalized spacial score (nSPS) is 12.3. The van der Waals surface area contributed by atoms with E-state index in [1.807, 2.05) is 12.1 Å². The molecule has 1 N–H and O–H groups in total. The van der Waals surface area contributed by atoms with Crippen molar-refractivity contribution in [1.82, 2.24) is 0 Å². The van der Waals surface area contributed by atoms with Crippen LogP contribution >= 0.6 is 15.9 Å². The highest BCUT2D eigenvalue weighted by atomic mass is 79.9. The molecule has 2 rings (SSSR count). The van der Waals surface area contributed by atoms with Crippen molar-refractivity contribution in [2.45, 2.75) is 19.3 Å². The van der Waals surface area contributed by atoms with Gasteiger partial charge in [-0.1, -0.05) is 57.9 Å². The summed E-state index contributed by atoms with van der Waals surface area (Å²) in [6, 6.07) is 16.2. The Bertz CT molecular complexity index is 488. The molecule has 1 nitrogen and oxygen atoms in total. The summed E-state index contributed by atoms with van der Waals surface area (Å²) in [6.45, 7) is 2.10. The number of hydrogen-bond donors (Lipinski definition) is 1. The first kappa shape index (κ1) is 13.2. The van der Waals surface area contributed by atoms with Crippen LogP contribution in [0.3, 0.4) is 0 Å². The van der Waals surface area contributed by atoms with E-state index in [0.717, 1.165) is 11.8 Å². The Labute approximate surface area is 117 Å². The molecule has 2 heteroatoms. The van der Waals surface area contributed by atoms with Crippen LogP contribution < -0.4 is 0 Å². The summed E-state index contributed by atoms with van der Waals surface area (Å²) in [7, 11) is 0. The van der Waals surface area contributed by atoms with Crippen molar-refractivity contribution in [3.05, 3.63) is 65.2 Å². The van der Waals surface area contributed by atoms with Crippen LogP contribution in [0.4, 0.5) is 0 Å². The smallest absolute Gasteiger partial charge is 0.115 e. The first-order valence-electron chi connectivity index (χ1n) is 6.09. The average molecular weight is 305 g/mol. The van der Waals surface area contributed by atoms with E-state index in [1.165, 1.54) is 16.7 Å². The first-order chi connectivity index (χ1) is 8.69. The third-order valence-electron chi connectivity index (χ3n) is 3.15. The lowest BCUT2D eigenvalue weighted by atomic mass is 9.93. The Hall–Kier alpha value is -1.28. The van der Waals surface area contributed by atoms with Gasteiger partial charge in [0.1, 0.15) is 5.75 Å². The van der Waals surface area contributed by atoms with Crippen LogP contribution in [0.5, 0.6) is 5.75 Å². The summed E-state index contributed by atoms with van der Waals surface area (Å²) in [4.78, 5) is 0. The van der Waals surface area contributed by atoms with Crippen molar-refractivity contribution in [2.24, 2.45) is 0 Å². The number of halogens is 1. The minimum absolute atomic E-state index is 0.324. The fourth-order valence-corrected chi connectivity index (χ4v) is 2.62. The fourth-order valence-electron chi connectivity index (χ4n) is 2.02. The van der Waals surface area contributed by atoms with Crippen LogP contribution in [0.15, 0.2) is 48.5 Å². The van der Waals surface area contributed by atoms with Crippen molar-refractivity contribution in [3.63, 3.8) is 0 Å². The van der Waals surface area contributed by atoms with Gasteiger partial charge in [-0.15, -0.1) is 0 Å². The molecule has 1 unspecified atom stereocenters. The maximum Gasteiger partial charge on any atom is 0.115 e. The van der Waals surface area contributed by atoms with Gasteiger partial charge < -0.3 is 5.11 Å². The van der Waals surface area contributed by atoms with E-state index in [-0.39, 0.29) is 0 Å². The maximum absolute atomic E-state index is 9.29. The van der Waals surface area contributed by atoms with Crippen LogP contribution in [-0.4, -0.2) is 10.4 Å². The molecular weight excluding hydrogens is 288 g/mol. The maximum atomic E-state index is 9.29. The van der Waals surface area contributed by atoms with E-state index in [1.54, 1.807) is 12.1 Å². The largest absolute Gasteiger partial charge is 0.508 e. The summed E-state index contributed by atoms with van der Waals surface area (Å²) in [6.07, 6.45) is 0.981. The molecule has 0 aliphatic rings. The Morgan fingerprint density at radius 2 is 1.61 bits per heavy atom. The Morgan fingerprint density at radius 3 is 2.17 bits per heavy atom. The molecular formula is C16H17BrO. The number of phenols is 1. The molecule has 0 heterocycles. The highest BCUT2D eigenvalue weighted by Gasteiger charge is 2.10. The standard InChI is InChI=1S/C16H17BrO/c1-12-2-6-14(7-3-12)15(11-17)10-13-4-8-16(18)9-5-13/h2-9,15,18H,10-11H2,1H3. The Balaban J connectivity index is 2.14. The highest BCUT2D eigenvalue weighted by Crippen LogP contribution is 2.24. The molecule has 0 aliphatic carbocycles. The number of phenolic OH excluding ortho intramolecular Hbond substituents is 1. The van der Waals surface area contributed by atoms with Crippen molar-refractivity contribution in [3.8, 4) is 5.75 Å². The van der Waals surface area contributed by atoms with Crippen LogP contribution in [0, 0.1) is 6.92 Å². The van der Waals surface area contributed by atoms with Crippen molar-refractivity contribution >= 4 is 15.9 Å². The molecule has 0 aliphatic heterocycles. The fraction of sp³-hybridized carbons (Fsp3) is 0.250. The molecule has 0 fully saturated rings. The number of rotatable bonds is 4. The third-order valence-corrected chi connectivity index (χ3v) is 3.94. The lowest BCUT2D eigenvalue weighted by Gasteiger charge is -2.15. The van der Waals surface area contributed by atoms with Gasteiger partial charge in [0.2, 0.25) is 0 Å². The number of aryl methyl sites for hydroxylation is 1.